The second-order valence-electron chi connectivity index (χ2n) is 3.25. The Morgan fingerprint density at radius 2 is 2.33 bits per heavy atom. The van der Waals surface area contributed by atoms with Gasteiger partial charge >= 0.3 is 5.69 Å². The summed E-state index contributed by atoms with van der Waals surface area (Å²) in [5.41, 5.74) is 2.48. The average molecular weight is 310 g/mol. The number of aromatic hydroxyl groups is 1. The van der Waals surface area contributed by atoms with Crippen LogP contribution >= 0.6 is 15.9 Å². The third-order valence-electron chi connectivity index (χ3n) is 1.94. The van der Waals surface area contributed by atoms with Crippen molar-refractivity contribution in [1.29, 1.82) is 0 Å². The number of hydrogen-bond acceptors (Lipinski definition) is 6. The highest BCUT2D eigenvalue weighted by Crippen LogP contribution is 2.19. The summed E-state index contributed by atoms with van der Waals surface area (Å²) in [4.78, 5) is 14.4. The Morgan fingerprint density at radius 1 is 1.50 bits per heavy atom. The number of nitrogens with zero attached hydrogens (tertiary/aromatic N) is 3. The van der Waals surface area contributed by atoms with Crippen LogP contribution in [-0.2, 0) is 0 Å². The number of anilines is 1. The molecule has 0 spiro atoms. The van der Waals surface area contributed by atoms with E-state index < -0.39 is 5.69 Å². The van der Waals surface area contributed by atoms with E-state index in [1.807, 2.05) is 0 Å². The molecule has 18 heavy (non-hydrogen) atoms. The maximum atomic E-state index is 10.9. The van der Waals surface area contributed by atoms with Crippen molar-refractivity contribution in [2.45, 2.75) is 0 Å². The normalized spacial score (nSPS) is 10.7. The maximum absolute atomic E-state index is 10.9. The molecule has 0 fully saturated rings. The summed E-state index contributed by atoms with van der Waals surface area (Å²) in [6, 6.07) is 4.95. The van der Waals surface area contributed by atoms with Gasteiger partial charge in [-0.1, -0.05) is 15.9 Å². The number of phenolic OH excluding ortho intramolecular Hbond substituents is 1. The molecule has 0 aliphatic rings. The quantitative estimate of drug-likeness (QED) is 0.581. The van der Waals surface area contributed by atoms with Crippen molar-refractivity contribution in [2.75, 3.05) is 5.43 Å². The molecule has 0 radical (unpaired) electrons. The van der Waals surface area contributed by atoms with Crippen molar-refractivity contribution in [3.8, 4) is 5.75 Å². The summed E-state index contributed by atoms with van der Waals surface area (Å²) in [7, 11) is 0. The van der Waals surface area contributed by atoms with Crippen molar-refractivity contribution >= 4 is 28.0 Å². The number of hydrogen-bond donors (Lipinski definition) is 3. The summed E-state index contributed by atoms with van der Waals surface area (Å²) in [5, 5.41) is 19.1. The van der Waals surface area contributed by atoms with Gasteiger partial charge in [0, 0.05) is 10.0 Å². The zero-order valence-electron chi connectivity index (χ0n) is 8.96. The highest BCUT2D eigenvalue weighted by atomic mass is 79.9. The number of hydrazone groups is 1. The van der Waals surface area contributed by atoms with Gasteiger partial charge in [-0.15, -0.1) is 0 Å². The molecule has 92 valence electrons. The minimum atomic E-state index is -0.569. The standard InChI is InChI=1S/C10H8BrN5O2/c11-7-1-2-8(17)6(3-7)4-12-15-9-5-13-16-10(18)14-9/h1-5,17H,(H2,14,15,16,18)/b12-4-. The Labute approximate surface area is 110 Å². The summed E-state index contributed by atoms with van der Waals surface area (Å²) in [6.45, 7) is 0. The molecule has 0 aliphatic heterocycles. The van der Waals surface area contributed by atoms with Gasteiger partial charge in [0.25, 0.3) is 0 Å². The van der Waals surface area contributed by atoms with Crippen LogP contribution in [0.4, 0.5) is 5.82 Å². The van der Waals surface area contributed by atoms with E-state index in [0.717, 1.165) is 4.47 Å². The van der Waals surface area contributed by atoms with E-state index >= 15 is 0 Å². The molecule has 0 bridgehead atoms. The first-order valence-electron chi connectivity index (χ1n) is 4.84. The lowest BCUT2D eigenvalue weighted by atomic mass is 10.2. The van der Waals surface area contributed by atoms with Crippen molar-refractivity contribution in [3.05, 3.63) is 44.9 Å². The fraction of sp³-hybridized carbons (Fsp3) is 0. The van der Waals surface area contributed by atoms with Crippen molar-refractivity contribution in [2.24, 2.45) is 5.10 Å². The number of nitrogens with one attached hydrogen (secondary N) is 2. The molecule has 0 saturated carbocycles. The zero-order chi connectivity index (χ0) is 13.0. The summed E-state index contributed by atoms with van der Waals surface area (Å²) in [5.74, 6) is 0.310. The van der Waals surface area contributed by atoms with Crippen LogP contribution in [0.3, 0.4) is 0 Å². The van der Waals surface area contributed by atoms with E-state index in [0.29, 0.717) is 5.56 Å². The first-order chi connectivity index (χ1) is 8.65. The van der Waals surface area contributed by atoms with E-state index in [-0.39, 0.29) is 11.6 Å². The molecule has 1 heterocycles. The first kappa shape index (κ1) is 12.2. The van der Waals surface area contributed by atoms with Crippen LogP contribution in [0.25, 0.3) is 0 Å². The molecular formula is C10H8BrN5O2. The number of H-pyrrole nitrogens is 1. The first-order valence-corrected chi connectivity index (χ1v) is 5.64. The van der Waals surface area contributed by atoms with Crippen molar-refractivity contribution in [1.82, 2.24) is 15.2 Å². The van der Waals surface area contributed by atoms with Crippen molar-refractivity contribution < 1.29 is 5.11 Å². The molecule has 1 aromatic heterocycles. The van der Waals surface area contributed by atoms with Crippen LogP contribution in [0.2, 0.25) is 0 Å². The predicted octanol–water partition coefficient (Wildman–Crippen LogP) is 1.08. The van der Waals surface area contributed by atoms with Crippen LogP contribution in [0.1, 0.15) is 5.56 Å². The second-order valence-corrected chi connectivity index (χ2v) is 4.16. The molecule has 2 rings (SSSR count). The number of phenols is 1. The topological polar surface area (TPSA) is 103 Å². The minimum absolute atomic E-state index is 0.0979. The van der Waals surface area contributed by atoms with Crippen LogP contribution in [0.15, 0.2) is 38.8 Å². The molecule has 7 nitrogen and oxygen atoms in total. The minimum Gasteiger partial charge on any atom is -0.507 e. The fourth-order valence-electron chi connectivity index (χ4n) is 1.16. The Kier molecular flexibility index (Phi) is 3.68. The van der Waals surface area contributed by atoms with Crippen LogP contribution in [0.5, 0.6) is 5.75 Å². The summed E-state index contributed by atoms with van der Waals surface area (Å²) >= 11 is 3.28. The number of aromatic nitrogens is 3. The van der Waals surface area contributed by atoms with Crippen molar-refractivity contribution in [3.63, 3.8) is 0 Å². The molecule has 1 aromatic carbocycles. The summed E-state index contributed by atoms with van der Waals surface area (Å²) in [6.07, 6.45) is 2.72. The second kappa shape index (κ2) is 5.41. The van der Waals surface area contributed by atoms with Gasteiger partial charge < -0.3 is 5.11 Å². The number of aromatic amines is 1. The molecule has 0 amide bonds. The van der Waals surface area contributed by atoms with E-state index in [4.69, 9.17) is 0 Å². The molecule has 2 aromatic rings. The summed E-state index contributed by atoms with van der Waals surface area (Å²) < 4.78 is 0.817. The smallest absolute Gasteiger partial charge is 0.363 e. The van der Waals surface area contributed by atoms with Crippen LogP contribution in [0, 0.1) is 0 Å². The molecule has 0 unspecified atom stereocenters. The highest BCUT2D eigenvalue weighted by molar-refractivity contribution is 9.10. The van der Waals surface area contributed by atoms with E-state index in [1.165, 1.54) is 12.4 Å². The van der Waals surface area contributed by atoms with Gasteiger partial charge in [-0.2, -0.15) is 15.2 Å². The van der Waals surface area contributed by atoms with Crippen LogP contribution in [-0.4, -0.2) is 26.5 Å². The Hall–Kier alpha value is -2.22. The van der Waals surface area contributed by atoms with Gasteiger partial charge in [-0.05, 0) is 18.2 Å². The third kappa shape index (κ3) is 3.14. The number of benzene rings is 1. The third-order valence-corrected chi connectivity index (χ3v) is 2.43. The van der Waals surface area contributed by atoms with E-state index in [9.17, 15) is 9.90 Å². The lowest BCUT2D eigenvalue weighted by Gasteiger charge is -1.99. The predicted molar refractivity (Wildman–Crippen MR) is 69.7 cm³/mol. The Morgan fingerprint density at radius 3 is 3.11 bits per heavy atom. The maximum Gasteiger partial charge on any atom is 0.363 e. The van der Waals surface area contributed by atoms with Gasteiger partial charge in [-0.3, -0.25) is 5.43 Å². The fourth-order valence-corrected chi connectivity index (χ4v) is 1.54. The number of rotatable bonds is 3. The molecule has 0 saturated heterocycles. The van der Waals surface area contributed by atoms with Gasteiger partial charge in [0.2, 0.25) is 0 Å². The Bertz CT molecular complexity index is 640. The zero-order valence-corrected chi connectivity index (χ0v) is 10.5. The lowest BCUT2D eigenvalue weighted by Crippen LogP contribution is -2.13. The van der Waals surface area contributed by atoms with E-state index in [2.05, 4.69) is 41.6 Å². The lowest BCUT2D eigenvalue weighted by molar-refractivity contribution is 0.474. The SMILES string of the molecule is O=c1nc(N/N=C\c2cc(Br)ccc2O)cn[nH]1. The van der Waals surface area contributed by atoms with Gasteiger partial charge in [0.05, 0.1) is 12.4 Å². The van der Waals surface area contributed by atoms with E-state index in [1.54, 1.807) is 18.2 Å². The van der Waals surface area contributed by atoms with Crippen LogP contribution < -0.4 is 11.1 Å². The average Bonchev–Trinajstić information content (AvgIpc) is 2.34. The monoisotopic (exact) mass is 309 g/mol. The largest absolute Gasteiger partial charge is 0.507 e. The van der Waals surface area contributed by atoms with Gasteiger partial charge in [-0.25, -0.2) is 9.89 Å². The molecule has 3 N–H and O–H groups in total. The highest BCUT2D eigenvalue weighted by Gasteiger charge is 1.98. The van der Waals surface area contributed by atoms with Gasteiger partial charge in [0.15, 0.2) is 5.82 Å². The molecule has 0 aliphatic carbocycles. The Balaban J connectivity index is 2.12. The molecule has 0 atom stereocenters. The van der Waals surface area contributed by atoms with Gasteiger partial charge in [0.1, 0.15) is 5.75 Å². The molecular weight excluding hydrogens is 302 g/mol. The molecule has 8 heteroatoms. The number of halogens is 1.